The van der Waals surface area contributed by atoms with E-state index in [0.717, 1.165) is 34.9 Å². The van der Waals surface area contributed by atoms with Gasteiger partial charge in [0.1, 0.15) is 0 Å². The Balaban J connectivity index is 2.29. The number of carbonyl (C=O) groups is 2. The van der Waals surface area contributed by atoms with Gasteiger partial charge in [-0.1, -0.05) is 0 Å². The highest BCUT2D eigenvalue weighted by molar-refractivity contribution is 6.05. The van der Waals surface area contributed by atoms with Crippen LogP contribution >= 0.6 is 0 Å². The van der Waals surface area contributed by atoms with Crippen molar-refractivity contribution in [3.63, 3.8) is 0 Å². The Hall–Kier alpha value is -3.29. The maximum Gasteiger partial charge on any atom is 0.262 e. The number of hydrogen-bond acceptors (Lipinski definition) is 3. The topological polar surface area (TPSA) is 85.3 Å². The van der Waals surface area contributed by atoms with Crippen LogP contribution in [0.3, 0.4) is 0 Å². The molecule has 0 aliphatic heterocycles. The van der Waals surface area contributed by atoms with Crippen molar-refractivity contribution >= 4 is 22.7 Å². The summed E-state index contributed by atoms with van der Waals surface area (Å²) in [4.78, 5) is 24.2. The number of rotatable bonds is 3. The summed E-state index contributed by atoms with van der Waals surface area (Å²) >= 11 is 0. The van der Waals surface area contributed by atoms with E-state index < -0.39 is 35.0 Å². The number of fused-ring (bicyclic) bond motifs is 1. The Labute approximate surface area is 145 Å². The molecule has 0 unspecified atom stereocenters. The Bertz CT molecular complexity index is 1070. The van der Waals surface area contributed by atoms with E-state index in [-0.39, 0.29) is 28.6 Å². The first-order valence-corrected chi connectivity index (χ1v) is 7.51. The first-order valence-electron chi connectivity index (χ1n) is 7.51. The van der Waals surface area contributed by atoms with Gasteiger partial charge in [-0.15, -0.1) is 0 Å². The van der Waals surface area contributed by atoms with Crippen molar-refractivity contribution in [2.75, 3.05) is 0 Å². The number of aromatic nitrogens is 1. The van der Waals surface area contributed by atoms with Gasteiger partial charge in [-0.25, -0.2) is 13.2 Å². The first-order chi connectivity index (χ1) is 12.2. The molecule has 1 aromatic heterocycles. The standard InChI is InChI=1S/C18H13F3N2O3/c1-8-10(6-17(22)25)11-5-16(24)14(21)7-15(11)23(8)18(26)9-2-3-12(19)13(20)4-9/h2-5,7,24H,6H2,1H3,(H2,22,25). The Morgan fingerprint density at radius 1 is 1.08 bits per heavy atom. The van der Waals surface area contributed by atoms with Crippen molar-refractivity contribution < 1.29 is 27.9 Å². The molecule has 0 fully saturated rings. The minimum absolute atomic E-state index is 0.0729. The molecule has 0 saturated heterocycles. The summed E-state index contributed by atoms with van der Waals surface area (Å²) < 4.78 is 41.5. The first kappa shape index (κ1) is 17.5. The Kier molecular flexibility index (Phi) is 4.19. The molecule has 0 atom stereocenters. The highest BCUT2D eigenvalue weighted by Gasteiger charge is 2.23. The largest absolute Gasteiger partial charge is 0.505 e. The molecule has 8 heteroatoms. The number of benzene rings is 2. The number of nitrogens with zero attached hydrogens (tertiary/aromatic N) is 1. The number of halogens is 3. The average Bonchev–Trinajstić information content (AvgIpc) is 2.81. The second-order valence-electron chi connectivity index (χ2n) is 5.80. The molecule has 5 nitrogen and oxygen atoms in total. The van der Waals surface area contributed by atoms with E-state index in [2.05, 4.69) is 0 Å². The third kappa shape index (κ3) is 2.79. The third-order valence-corrected chi connectivity index (χ3v) is 4.12. The third-order valence-electron chi connectivity index (χ3n) is 4.12. The molecular formula is C18H13F3N2O3. The van der Waals surface area contributed by atoms with Crippen molar-refractivity contribution in [2.45, 2.75) is 13.3 Å². The number of nitrogens with two attached hydrogens (primary N) is 1. The van der Waals surface area contributed by atoms with Gasteiger partial charge in [-0.3, -0.25) is 14.2 Å². The second-order valence-corrected chi connectivity index (χ2v) is 5.80. The lowest BCUT2D eigenvalue weighted by Crippen LogP contribution is -2.16. The van der Waals surface area contributed by atoms with Crippen molar-refractivity contribution in [3.05, 3.63) is 64.6 Å². The molecule has 134 valence electrons. The fourth-order valence-corrected chi connectivity index (χ4v) is 2.91. The summed E-state index contributed by atoms with van der Waals surface area (Å²) in [5.74, 6) is -5.36. The summed E-state index contributed by atoms with van der Waals surface area (Å²) in [6.45, 7) is 1.50. The lowest BCUT2D eigenvalue weighted by atomic mass is 10.1. The highest BCUT2D eigenvalue weighted by atomic mass is 19.2. The number of phenols is 1. The number of phenolic OH excluding ortho intramolecular Hbond substituents is 1. The van der Waals surface area contributed by atoms with Gasteiger partial charge >= 0.3 is 0 Å². The van der Waals surface area contributed by atoms with Gasteiger partial charge in [0, 0.05) is 22.7 Å². The molecule has 1 heterocycles. The predicted octanol–water partition coefficient (Wildman–Crippen LogP) is 2.79. The number of amides is 1. The maximum atomic E-state index is 13.8. The zero-order chi connectivity index (χ0) is 19.2. The lowest BCUT2D eigenvalue weighted by molar-refractivity contribution is -0.117. The van der Waals surface area contributed by atoms with Crippen LogP contribution in [0.4, 0.5) is 13.2 Å². The minimum atomic E-state index is -1.20. The van der Waals surface area contributed by atoms with Gasteiger partial charge in [0.2, 0.25) is 5.91 Å². The van der Waals surface area contributed by atoms with Crippen molar-refractivity contribution in [3.8, 4) is 5.75 Å². The van der Waals surface area contributed by atoms with E-state index in [1.165, 1.54) is 6.92 Å². The summed E-state index contributed by atoms with van der Waals surface area (Å²) in [6.07, 6.45) is -0.245. The lowest BCUT2D eigenvalue weighted by Gasteiger charge is -2.08. The summed E-state index contributed by atoms with van der Waals surface area (Å²) in [6, 6.07) is 4.65. The van der Waals surface area contributed by atoms with Gasteiger partial charge in [0.05, 0.1) is 11.9 Å². The molecular weight excluding hydrogens is 349 g/mol. The molecule has 3 aromatic rings. The van der Waals surface area contributed by atoms with Crippen molar-refractivity contribution in [1.82, 2.24) is 4.57 Å². The molecule has 0 bridgehead atoms. The Morgan fingerprint density at radius 2 is 1.77 bits per heavy atom. The van der Waals surface area contributed by atoms with Gasteiger partial charge in [0.25, 0.3) is 5.91 Å². The number of carbonyl (C=O) groups excluding carboxylic acids is 2. The molecule has 1 amide bonds. The van der Waals surface area contributed by atoms with Crippen LogP contribution in [0.1, 0.15) is 21.6 Å². The normalized spacial score (nSPS) is 11.1. The van der Waals surface area contributed by atoms with E-state index in [1.54, 1.807) is 0 Å². The van der Waals surface area contributed by atoms with E-state index >= 15 is 0 Å². The van der Waals surface area contributed by atoms with E-state index in [9.17, 15) is 27.9 Å². The zero-order valence-corrected chi connectivity index (χ0v) is 13.5. The van der Waals surface area contributed by atoms with Crippen LogP contribution in [0.5, 0.6) is 5.75 Å². The number of primary amides is 1. The van der Waals surface area contributed by atoms with Gasteiger partial charge in [0.15, 0.2) is 23.2 Å². The monoisotopic (exact) mass is 362 g/mol. The van der Waals surface area contributed by atoms with E-state index in [0.29, 0.717) is 5.56 Å². The molecule has 0 aliphatic carbocycles. The molecule has 2 aromatic carbocycles. The summed E-state index contributed by atoms with van der Waals surface area (Å²) in [5, 5.41) is 9.88. The van der Waals surface area contributed by atoms with E-state index in [4.69, 9.17) is 5.73 Å². The highest BCUT2D eigenvalue weighted by Crippen LogP contribution is 2.32. The second kappa shape index (κ2) is 6.21. The maximum absolute atomic E-state index is 13.8. The van der Waals surface area contributed by atoms with E-state index in [1.807, 2.05) is 0 Å². The molecule has 3 N–H and O–H groups in total. The molecule has 3 rings (SSSR count). The number of hydrogen-bond donors (Lipinski definition) is 2. The zero-order valence-electron chi connectivity index (χ0n) is 13.5. The van der Waals surface area contributed by atoms with Crippen LogP contribution in [-0.2, 0) is 11.2 Å². The molecule has 26 heavy (non-hydrogen) atoms. The molecule has 0 radical (unpaired) electrons. The summed E-state index contributed by atoms with van der Waals surface area (Å²) in [7, 11) is 0. The number of aromatic hydroxyl groups is 1. The quantitative estimate of drug-likeness (QED) is 0.751. The fourth-order valence-electron chi connectivity index (χ4n) is 2.91. The SMILES string of the molecule is Cc1c(CC(N)=O)c2cc(O)c(F)cc2n1C(=O)c1ccc(F)c(F)c1. The fraction of sp³-hybridized carbons (Fsp3) is 0.111. The average molecular weight is 362 g/mol. The summed E-state index contributed by atoms with van der Waals surface area (Å²) in [5.41, 5.74) is 5.74. The smallest absolute Gasteiger partial charge is 0.262 e. The van der Waals surface area contributed by atoms with Crippen LogP contribution in [-0.4, -0.2) is 21.5 Å². The van der Waals surface area contributed by atoms with Crippen LogP contribution in [0.25, 0.3) is 10.9 Å². The van der Waals surface area contributed by atoms with Gasteiger partial charge < -0.3 is 10.8 Å². The molecule has 0 spiro atoms. The molecule has 0 aliphatic rings. The van der Waals surface area contributed by atoms with Crippen LogP contribution in [0.2, 0.25) is 0 Å². The molecule has 0 saturated carbocycles. The minimum Gasteiger partial charge on any atom is -0.505 e. The van der Waals surface area contributed by atoms with Gasteiger partial charge in [-0.05, 0) is 36.8 Å². The van der Waals surface area contributed by atoms with Crippen LogP contribution in [0, 0.1) is 24.4 Å². The van der Waals surface area contributed by atoms with Crippen LogP contribution < -0.4 is 5.73 Å². The van der Waals surface area contributed by atoms with Crippen molar-refractivity contribution in [1.29, 1.82) is 0 Å². The van der Waals surface area contributed by atoms with Crippen LogP contribution in [0.15, 0.2) is 30.3 Å². The Morgan fingerprint density at radius 3 is 2.38 bits per heavy atom. The van der Waals surface area contributed by atoms with Gasteiger partial charge in [-0.2, -0.15) is 0 Å². The van der Waals surface area contributed by atoms with Crippen molar-refractivity contribution in [2.24, 2.45) is 5.73 Å². The predicted molar refractivity (Wildman–Crippen MR) is 87.3 cm³/mol.